The molecular weight excluding hydrogens is 274 g/mol. The van der Waals surface area contributed by atoms with Crippen LogP contribution in [0.3, 0.4) is 0 Å². The lowest BCUT2D eigenvalue weighted by molar-refractivity contribution is 0.0184. The number of piperidine rings is 1. The first-order valence-corrected chi connectivity index (χ1v) is 8.08. The summed E-state index contributed by atoms with van der Waals surface area (Å²) in [5.74, 6) is 0. The molecule has 0 N–H and O–H groups in total. The minimum absolute atomic E-state index is 0.110. The zero-order chi connectivity index (χ0) is 16.0. The molecule has 0 saturated carbocycles. The van der Waals surface area contributed by atoms with Gasteiger partial charge in [0.2, 0.25) is 0 Å². The molecule has 2 aliphatic rings. The Labute approximate surface area is 133 Å². The summed E-state index contributed by atoms with van der Waals surface area (Å²) in [6, 6.07) is 6.50. The van der Waals surface area contributed by atoms with Gasteiger partial charge in [-0.25, -0.2) is 4.79 Å². The van der Waals surface area contributed by atoms with Gasteiger partial charge in [-0.3, -0.25) is 0 Å². The first-order valence-electron chi connectivity index (χ1n) is 8.08. The Balaban J connectivity index is 1.74. The SMILES string of the molecule is Cc1cccc2c1C1(C=C2)CCN(C(=O)OC(C)(C)C)CC1. The molecule has 1 aromatic rings. The van der Waals surface area contributed by atoms with Crippen LogP contribution in [0.5, 0.6) is 0 Å². The van der Waals surface area contributed by atoms with Gasteiger partial charge in [-0.05, 0) is 57.2 Å². The molecule has 22 heavy (non-hydrogen) atoms. The molecule has 1 spiro atoms. The Hall–Kier alpha value is -1.77. The minimum atomic E-state index is -0.428. The van der Waals surface area contributed by atoms with Crippen molar-refractivity contribution in [3.8, 4) is 0 Å². The Morgan fingerprint density at radius 2 is 1.91 bits per heavy atom. The molecule has 0 unspecified atom stereocenters. The van der Waals surface area contributed by atoms with Gasteiger partial charge in [-0.1, -0.05) is 30.4 Å². The third kappa shape index (κ3) is 2.65. The van der Waals surface area contributed by atoms with Crippen molar-refractivity contribution in [1.82, 2.24) is 4.90 Å². The van der Waals surface area contributed by atoms with Crippen LogP contribution in [0.2, 0.25) is 0 Å². The molecule has 3 heteroatoms. The molecule has 1 amide bonds. The largest absolute Gasteiger partial charge is 0.444 e. The normalized spacial score (nSPS) is 19.4. The molecule has 118 valence electrons. The highest BCUT2D eigenvalue weighted by atomic mass is 16.6. The molecule has 0 radical (unpaired) electrons. The number of benzene rings is 1. The van der Waals surface area contributed by atoms with Crippen LogP contribution in [-0.2, 0) is 10.2 Å². The van der Waals surface area contributed by atoms with Crippen LogP contribution in [0.25, 0.3) is 6.08 Å². The average Bonchev–Trinajstić information content (AvgIpc) is 2.78. The molecule has 1 aliphatic carbocycles. The first kappa shape index (κ1) is 15.1. The van der Waals surface area contributed by atoms with Gasteiger partial charge in [0.25, 0.3) is 0 Å². The van der Waals surface area contributed by atoms with E-state index in [9.17, 15) is 4.79 Å². The van der Waals surface area contributed by atoms with Gasteiger partial charge in [-0.15, -0.1) is 0 Å². The van der Waals surface area contributed by atoms with Crippen molar-refractivity contribution < 1.29 is 9.53 Å². The molecule has 3 nitrogen and oxygen atoms in total. The summed E-state index contributed by atoms with van der Waals surface area (Å²) < 4.78 is 5.49. The summed E-state index contributed by atoms with van der Waals surface area (Å²) in [6.07, 6.45) is 6.35. The van der Waals surface area contributed by atoms with Crippen molar-refractivity contribution in [1.29, 1.82) is 0 Å². The van der Waals surface area contributed by atoms with Crippen LogP contribution in [-0.4, -0.2) is 29.7 Å². The number of fused-ring (bicyclic) bond motifs is 2. The molecule has 0 aromatic heterocycles. The van der Waals surface area contributed by atoms with E-state index in [1.54, 1.807) is 0 Å². The van der Waals surface area contributed by atoms with Gasteiger partial charge >= 0.3 is 6.09 Å². The van der Waals surface area contributed by atoms with E-state index in [0.717, 1.165) is 25.9 Å². The molecule has 1 aromatic carbocycles. The fourth-order valence-electron chi connectivity index (χ4n) is 3.67. The van der Waals surface area contributed by atoms with Gasteiger partial charge in [0, 0.05) is 18.5 Å². The smallest absolute Gasteiger partial charge is 0.410 e. The summed E-state index contributed by atoms with van der Waals surface area (Å²) in [5, 5.41) is 0. The van der Waals surface area contributed by atoms with Gasteiger partial charge in [0.15, 0.2) is 0 Å². The number of ether oxygens (including phenoxy) is 1. The van der Waals surface area contributed by atoms with Crippen LogP contribution in [0.1, 0.15) is 50.3 Å². The summed E-state index contributed by atoms with van der Waals surface area (Å²) in [6.45, 7) is 9.44. The fourth-order valence-corrected chi connectivity index (χ4v) is 3.67. The lowest BCUT2D eigenvalue weighted by atomic mass is 9.73. The predicted octanol–water partition coefficient (Wildman–Crippen LogP) is 4.29. The number of rotatable bonds is 0. The highest BCUT2D eigenvalue weighted by Crippen LogP contribution is 2.45. The number of carbonyl (C=O) groups excluding carboxylic acids is 1. The van der Waals surface area contributed by atoms with Crippen molar-refractivity contribution in [3.05, 3.63) is 41.0 Å². The number of nitrogens with zero attached hydrogens (tertiary/aromatic N) is 1. The van der Waals surface area contributed by atoms with Gasteiger partial charge in [-0.2, -0.15) is 0 Å². The monoisotopic (exact) mass is 299 g/mol. The minimum Gasteiger partial charge on any atom is -0.444 e. The number of carbonyl (C=O) groups is 1. The van der Waals surface area contributed by atoms with Crippen molar-refractivity contribution in [2.45, 2.75) is 51.6 Å². The number of hydrogen-bond donors (Lipinski definition) is 0. The molecule has 0 atom stereocenters. The summed E-state index contributed by atoms with van der Waals surface area (Å²) in [7, 11) is 0. The van der Waals surface area contributed by atoms with E-state index in [4.69, 9.17) is 4.74 Å². The summed E-state index contributed by atoms with van der Waals surface area (Å²) >= 11 is 0. The molecule has 3 rings (SSSR count). The van der Waals surface area contributed by atoms with E-state index >= 15 is 0 Å². The molecule has 1 aliphatic heterocycles. The van der Waals surface area contributed by atoms with Crippen LogP contribution in [0.15, 0.2) is 24.3 Å². The van der Waals surface area contributed by atoms with Crippen LogP contribution in [0.4, 0.5) is 4.79 Å². The zero-order valence-corrected chi connectivity index (χ0v) is 14.0. The highest BCUT2D eigenvalue weighted by molar-refractivity contribution is 5.70. The third-order valence-corrected chi connectivity index (χ3v) is 4.69. The average molecular weight is 299 g/mol. The van der Waals surface area contributed by atoms with E-state index < -0.39 is 5.60 Å². The number of allylic oxidation sites excluding steroid dienone is 1. The summed E-state index contributed by atoms with van der Waals surface area (Å²) in [5.41, 5.74) is 3.83. The number of amides is 1. The van der Waals surface area contributed by atoms with E-state index in [1.807, 2.05) is 25.7 Å². The second-order valence-corrected chi connectivity index (χ2v) is 7.50. The molecule has 0 bridgehead atoms. The van der Waals surface area contributed by atoms with Crippen LogP contribution < -0.4 is 0 Å². The van der Waals surface area contributed by atoms with E-state index in [0.29, 0.717) is 0 Å². The third-order valence-electron chi connectivity index (χ3n) is 4.69. The highest BCUT2D eigenvalue weighted by Gasteiger charge is 2.40. The second-order valence-electron chi connectivity index (χ2n) is 7.50. The quantitative estimate of drug-likeness (QED) is 0.715. The lowest BCUT2D eigenvalue weighted by Crippen LogP contribution is -2.46. The Kier molecular flexibility index (Phi) is 3.54. The van der Waals surface area contributed by atoms with Crippen molar-refractivity contribution in [3.63, 3.8) is 0 Å². The maximum atomic E-state index is 12.2. The predicted molar refractivity (Wildman–Crippen MR) is 88.9 cm³/mol. The maximum absolute atomic E-state index is 12.2. The van der Waals surface area contributed by atoms with E-state index in [2.05, 4.69) is 37.3 Å². The van der Waals surface area contributed by atoms with Gasteiger partial charge in [0.1, 0.15) is 5.60 Å². The summed E-state index contributed by atoms with van der Waals surface area (Å²) in [4.78, 5) is 14.1. The zero-order valence-electron chi connectivity index (χ0n) is 14.0. The fraction of sp³-hybridized carbons (Fsp3) is 0.526. The van der Waals surface area contributed by atoms with Crippen LogP contribution >= 0.6 is 0 Å². The van der Waals surface area contributed by atoms with Crippen molar-refractivity contribution >= 4 is 12.2 Å². The molecular formula is C19H25NO2. The molecule has 1 fully saturated rings. The Bertz CT molecular complexity index is 617. The Morgan fingerprint density at radius 1 is 1.23 bits per heavy atom. The Morgan fingerprint density at radius 3 is 2.55 bits per heavy atom. The topological polar surface area (TPSA) is 29.5 Å². The molecule has 1 saturated heterocycles. The first-order chi connectivity index (χ1) is 10.3. The standard InChI is InChI=1S/C19H25NO2/c1-14-6-5-7-15-8-9-19(16(14)15)10-12-20(13-11-19)17(21)22-18(2,3)4/h5-9H,10-13H2,1-4H3. The van der Waals surface area contributed by atoms with Crippen molar-refractivity contribution in [2.24, 2.45) is 0 Å². The number of hydrogen-bond acceptors (Lipinski definition) is 2. The lowest BCUT2D eigenvalue weighted by Gasteiger charge is -2.40. The van der Waals surface area contributed by atoms with Crippen LogP contribution in [0, 0.1) is 6.92 Å². The maximum Gasteiger partial charge on any atom is 0.410 e. The molecule has 1 heterocycles. The number of likely N-dealkylation sites (tertiary alicyclic amines) is 1. The van der Waals surface area contributed by atoms with Gasteiger partial charge in [0.05, 0.1) is 0 Å². The van der Waals surface area contributed by atoms with Gasteiger partial charge < -0.3 is 9.64 Å². The van der Waals surface area contributed by atoms with Crippen molar-refractivity contribution in [2.75, 3.05) is 13.1 Å². The number of aryl methyl sites for hydroxylation is 1. The second kappa shape index (κ2) is 5.15. The van der Waals surface area contributed by atoms with E-state index in [1.165, 1.54) is 16.7 Å². The van der Waals surface area contributed by atoms with E-state index in [-0.39, 0.29) is 11.5 Å².